The number of thiazole rings is 1. The smallest absolute Gasteiger partial charge is 0.276 e. The summed E-state index contributed by atoms with van der Waals surface area (Å²) >= 11 is 2.41. The Morgan fingerprint density at radius 1 is 1.32 bits per heavy atom. The van der Waals surface area contributed by atoms with Crippen LogP contribution < -0.4 is 26.0 Å². The zero-order valence-corrected chi connectivity index (χ0v) is 20.8. The predicted octanol–water partition coefficient (Wildman–Crippen LogP) is -2.27. The first-order valence-electron chi connectivity index (χ1n) is 11.2. The molecule has 0 unspecified atom stereocenters. The van der Waals surface area contributed by atoms with Gasteiger partial charge in [0.25, 0.3) is 17.7 Å². The van der Waals surface area contributed by atoms with Gasteiger partial charge in [-0.25, -0.2) is 9.55 Å². The summed E-state index contributed by atoms with van der Waals surface area (Å²) in [7, 11) is 0. The van der Waals surface area contributed by atoms with Gasteiger partial charge in [0, 0.05) is 41.8 Å². The second-order valence-electron chi connectivity index (χ2n) is 8.33. The molecule has 3 amide bonds. The van der Waals surface area contributed by atoms with Crippen molar-refractivity contribution in [3.63, 3.8) is 0 Å². The molecule has 0 bridgehead atoms. The first-order chi connectivity index (χ1) is 17.8. The Morgan fingerprint density at radius 3 is 2.76 bits per heavy atom. The van der Waals surface area contributed by atoms with Crippen molar-refractivity contribution in [2.75, 3.05) is 18.0 Å². The number of nitrogens with zero attached hydrogens (tertiary/aromatic N) is 4. The summed E-state index contributed by atoms with van der Waals surface area (Å²) in [4.78, 5) is 60.5. The van der Waals surface area contributed by atoms with Crippen molar-refractivity contribution in [2.24, 2.45) is 5.16 Å². The molecule has 0 radical (unpaired) electrons. The van der Waals surface area contributed by atoms with E-state index in [2.05, 4.69) is 20.8 Å². The SMILES string of the molecule is Nc1nc(/C(=N/O[C@H]2CCNC2=O)C(=O)N[C@@H]2C(=O)N3C(C(=O)[O-])=C(C[n+]4ccccc4)CS[C@@H]23)cs1. The molecule has 0 aliphatic carbocycles. The number of nitrogens with two attached hydrogens (primary N) is 1. The van der Waals surface area contributed by atoms with Crippen molar-refractivity contribution in [3.8, 4) is 0 Å². The number of fused-ring (bicyclic) bond motifs is 1. The summed E-state index contributed by atoms with van der Waals surface area (Å²) < 4.78 is 1.80. The van der Waals surface area contributed by atoms with E-state index in [0.717, 1.165) is 16.2 Å². The number of aliphatic carboxylic acids is 1. The van der Waals surface area contributed by atoms with E-state index in [-0.39, 0.29) is 34.7 Å². The topological polar surface area (TPSA) is 183 Å². The summed E-state index contributed by atoms with van der Waals surface area (Å²) in [6, 6.07) is 4.47. The van der Waals surface area contributed by atoms with Gasteiger partial charge in [-0.15, -0.1) is 23.1 Å². The lowest BCUT2D eigenvalue weighted by atomic mass is 10.0. The monoisotopic (exact) mass is 543 g/mol. The number of carboxylic acid groups (broad SMARTS) is 1. The van der Waals surface area contributed by atoms with Crippen LogP contribution >= 0.6 is 23.1 Å². The number of aromatic nitrogens is 2. The summed E-state index contributed by atoms with van der Waals surface area (Å²) in [5.74, 6) is -2.84. The van der Waals surface area contributed by atoms with Crippen LogP contribution in [0.15, 0.2) is 52.4 Å². The molecule has 5 heterocycles. The van der Waals surface area contributed by atoms with Crippen LogP contribution in [0.25, 0.3) is 0 Å². The van der Waals surface area contributed by atoms with Crippen LogP contribution in [0, 0.1) is 0 Å². The van der Waals surface area contributed by atoms with Crippen LogP contribution in [0.2, 0.25) is 0 Å². The third-order valence-electron chi connectivity index (χ3n) is 5.93. The van der Waals surface area contributed by atoms with Gasteiger partial charge in [-0.05, 0) is 0 Å². The maximum Gasteiger partial charge on any atom is 0.276 e. The first-order valence-corrected chi connectivity index (χ1v) is 13.1. The number of carboxylic acids is 1. The van der Waals surface area contributed by atoms with E-state index in [1.807, 2.05) is 18.2 Å². The number of pyridine rings is 1. The Morgan fingerprint density at radius 2 is 2.11 bits per heavy atom. The maximum atomic E-state index is 13.2. The molecule has 192 valence electrons. The Bertz CT molecular complexity index is 1330. The maximum absolute atomic E-state index is 13.2. The van der Waals surface area contributed by atoms with Crippen molar-refractivity contribution in [1.29, 1.82) is 0 Å². The number of nitrogens with one attached hydrogen (secondary N) is 2. The number of carbonyl (C=O) groups is 4. The summed E-state index contributed by atoms with van der Waals surface area (Å²) in [5, 5.41) is 22.1. The van der Waals surface area contributed by atoms with Gasteiger partial charge in [-0.1, -0.05) is 11.2 Å². The average molecular weight is 544 g/mol. The molecular formula is C22H21N7O6S2. The van der Waals surface area contributed by atoms with Crippen LogP contribution in [0.4, 0.5) is 5.13 Å². The van der Waals surface area contributed by atoms with Crippen LogP contribution in [0.1, 0.15) is 12.1 Å². The van der Waals surface area contributed by atoms with E-state index in [9.17, 15) is 24.3 Å². The van der Waals surface area contributed by atoms with Crippen LogP contribution in [-0.2, 0) is 30.6 Å². The van der Waals surface area contributed by atoms with Crippen LogP contribution in [0.3, 0.4) is 0 Å². The molecule has 13 nitrogen and oxygen atoms in total. The van der Waals surface area contributed by atoms with Gasteiger partial charge in [0.15, 0.2) is 29.8 Å². The Labute approximate surface area is 218 Å². The van der Waals surface area contributed by atoms with Crippen molar-refractivity contribution < 1.29 is 33.7 Å². The second-order valence-corrected chi connectivity index (χ2v) is 10.3. The van der Waals surface area contributed by atoms with E-state index in [4.69, 9.17) is 10.6 Å². The molecule has 0 saturated carbocycles. The lowest BCUT2D eigenvalue weighted by Crippen LogP contribution is -2.71. The number of carbonyl (C=O) groups excluding carboxylic acids is 4. The first kappa shape index (κ1) is 24.7. The number of amides is 3. The second kappa shape index (κ2) is 10.2. The molecule has 3 aliphatic heterocycles. The lowest BCUT2D eigenvalue weighted by molar-refractivity contribution is -0.689. The quantitative estimate of drug-likeness (QED) is 0.143. The number of hydrogen-bond acceptors (Lipinski definition) is 11. The van der Waals surface area contributed by atoms with Gasteiger partial charge >= 0.3 is 0 Å². The van der Waals surface area contributed by atoms with Crippen LogP contribution in [0.5, 0.6) is 0 Å². The fourth-order valence-electron chi connectivity index (χ4n) is 4.15. The zero-order valence-electron chi connectivity index (χ0n) is 19.2. The molecule has 2 saturated heterocycles. The Kier molecular flexibility index (Phi) is 6.80. The normalized spacial score (nSPS) is 23.3. The number of anilines is 1. The van der Waals surface area contributed by atoms with Gasteiger partial charge < -0.3 is 31.1 Å². The van der Waals surface area contributed by atoms with E-state index in [0.29, 0.717) is 24.3 Å². The lowest BCUT2D eigenvalue weighted by Gasteiger charge is -2.50. The number of nitrogen functional groups attached to an aromatic ring is 1. The highest BCUT2D eigenvalue weighted by Crippen LogP contribution is 2.40. The van der Waals surface area contributed by atoms with Crippen molar-refractivity contribution >= 4 is 57.6 Å². The predicted molar refractivity (Wildman–Crippen MR) is 129 cm³/mol. The minimum atomic E-state index is -1.46. The fourth-order valence-corrected chi connectivity index (χ4v) is 6.04. The minimum Gasteiger partial charge on any atom is -0.543 e. The molecule has 4 N–H and O–H groups in total. The van der Waals surface area contributed by atoms with Crippen molar-refractivity contribution in [3.05, 3.63) is 52.9 Å². The van der Waals surface area contributed by atoms with Gasteiger partial charge in [-0.2, -0.15) is 0 Å². The molecule has 5 rings (SSSR count). The molecule has 0 spiro atoms. The standard InChI is InChI=1S/C22H21N7O6S2/c23-22-25-12(10-37-22)14(27-35-13-4-5-24-17(13)30)18(31)26-15-19(32)29-16(21(33)34)11(9-36-20(15)29)8-28-6-2-1-3-7-28/h1-3,6-7,10,13,15,20H,4-5,8-9H2,(H4-,23,24,25,26,30,31,33,34)/b27-14-/t13-,15+,20-/m0/s1. The van der Waals surface area contributed by atoms with E-state index in [1.165, 1.54) is 17.1 Å². The molecular weight excluding hydrogens is 522 g/mol. The summed E-state index contributed by atoms with van der Waals surface area (Å²) in [5.41, 5.74) is 5.91. The molecule has 3 atom stereocenters. The summed E-state index contributed by atoms with van der Waals surface area (Å²) in [6.07, 6.45) is 3.11. The fraction of sp³-hybridized carbons (Fsp3) is 0.318. The highest BCUT2D eigenvalue weighted by atomic mass is 32.2. The van der Waals surface area contributed by atoms with Gasteiger partial charge in [0.05, 0.1) is 11.7 Å². The minimum absolute atomic E-state index is 0.121. The van der Waals surface area contributed by atoms with E-state index in [1.54, 1.807) is 17.0 Å². The third-order valence-corrected chi connectivity index (χ3v) is 7.94. The summed E-state index contributed by atoms with van der Waals surface area (Å²) in [6.45, 7) is 0.702. The molecule has 3 aliphatic rings. The average Bonchev–Trinajstić information content (AvgIpc) is 3.50. The molecule has 0 aromatic carbocycles. The molecule has 2 aromatic heterocycles. The Balaban J connectivity index is 1.34. The van der Waals surface area contributed by atoms with Gasteiger partial charge in [0.2, 0.25) is 6.10 Å². The number of rotatable bonds is 8. The largest absolute Gasteiger partial charge is 0.543 e. The number of hydrogen-bond donors (Lipinski definition) is 3. The van der Waals surface area contributed by atoms with E-state index >= 15 is 0 Å². The highest BCUT2D eigenvalue weighted by molar-refractivity contribution is 8.00. The van der Waals surface area contributed by atoms with Crippen molar-refractivity contribution in [1.82, 2.24) is 20.5 Å². The molecule has 2 fully saturated rings. The van der Waals surface area contributed by atoms with E-state index < -0.39 is 35.3 Å². The Hall–Kier alpha value is -3.98. The molecule has 37 heavy (non-hydrogen) atoms. The van der Waals surface area contributed by atoms with Gasteiger partial charge in [-0.3, -0.25) is 19.3 Å². The number of thioether (sulfide) groups is 1. The highest BCUT2D eigenvalue weighted by Gasteiger charge is 2.53. The number of β-lactam (4-membered cyclic amide) rings is 1. The van der Waals surface area contributed by atoms with Crippen molar-refractivity contribution in [2.45, 2.75) is 30.5 Å². The third kappa shape index (κ3) is 4.86. The molecule has 15 heteroatoms. The number of oxime groups is 1. The zero-order chi connectivity index (χ0) is 26.1. The van der Waals surface area contributed by atoms with Gasteiger partial charge in [0.1, 0.15) is 17.1 Å². The molecule has 2 aromatic rings. The van der Waals surface area contributed by atoms with Crippen LogP contribution in [-0.4, -0.2) is 69.1 Å².